The Morgan fingerprint density at radius 1 is 1.17 bits per heavy atom. The summed E-state index contributed by atoms with van der Waals surface area (Å²) in [6, 6.07) is 14.0. The number of thiazole rings is 1. The van der Waals surface area contributed by atoms with Crippen molar-refractivity contribution in [3.63, 3.8) is 0 Å². The summed E-state index contributed by atoms with van der Waals surface area (Å²) < 4.78 is 2.05. The molecule has 0 atom stereocenters. The van der Waals surface area contributed by atoms with E-state index < -0.39 is 0 Å². The van der Waals surface area contributed by atoms with Crippen LogP contribution in [0.3, 0.4) is 0 Å². The third-order valence-electron chi connectivity index (χ3n) is 4.45. The summed E-state index contributed by atoms with van der Waals surface area (Å²) >= 11 is 6.66. The maximum absolute atomic E-state index is 12.2. The highest BCUT2D eigenvalue weighted by molar-refractivity contribution is 7.73. The smallest absolute Gasteiger partial charge is 0.226 e. The Hall–Kier alpha value is -3.23. The van der Waals surface area contributed by atoms with Crippen molar-refractivity contribution in [2.24, 2.45) is 4.99 Å². The van der Waals surface area contributed by atoms with Crippen molar-refractivity contribution in [3.05, 3.63) is 62.9 Å². The van der Waals surface area contributed by atoms with Crippen LogP contribution in [0.25, 0.3) is 11.6 Å². The van der Waals surface area contributed by atoms with Gasteiger partial charge < -0.3 is 15.5 Å². The molecule has 1 aromatic heterocycles. The predicted molar refractivity (Wildman–Crippen MR) is 119 cm³/mol. The average Bonchev–Trinajstić information content (AvgIpc) is 3.23. The maximum atomic E-state index is 12.2. The molecule has 3 N–H and O–H groups in total. The Morgan fingerprint density at radius 3 is 2.72 bits per heavy atom. The molecule has 0 saturated heterocycles. The highest BCUT2D eigenvalue weighted by Gasteiger charge is 2.16. The summed E-state index contributed by atoms with van der Waals surface area (Å²) in [5.41, 5.74) is 3.40. The van der Waals surface area contributed by atoms with Crippen molar-refractivity contribution >= 4 is 58.7 Å². The van der Waals surface area contributed by atoms with Gasteiger partial charge in [0.05, 0.1) is 10.6 Å². The number of nitrogens with zero attached hydrogens (tertiary/aromatic N) is 2. The number of hydrogen-bond acceptors (Lipinski definition) is 6. The minimum atomic E-state index is -0.208. The first-order valence-electron chi connectivity index (χ1n) is 8.88. The number of benzene rings is 2. The van der Waals surface area contributed by atoms with Crippen LogP contribution in [-0.4, -0.2) is 26.9 Å². The van der Waals surface area contributed by atoms with Gasteiger partial charge in [-0.1, -0.05) is 18.2 Å². The molecule has 1 aliphatic rings. The number of aliphatic imine (C=N–C) groups is 1. The van der Waals surface area contributed by atoms with Crippen LogP contribution in [0.5, 0.6) is 11.6 Å². The van der Waals surface area contributed by atoms with Crippen LogP contribution in [0.2, 0.25) is 0 Å². The Balaban J connectivity index is 1.47. The number of phenolic OH excluding ortho intramolecular Hbond substituents is 1. The number of carbonyl (C=O) groups is 1. The van der Waals surface area contributed by atoms with Gasteiger partial charge in [-0.15, -0.1) is 11.3 Å². The third-order valence-corrected chi connectivity index (χ3v) is 5.84. The lowest BCUT2D eigenvalue weighted by molar-refractivity contribution is -0.116. The quantitative estimate of drug-likeness (QED) is 0.399. The topological polar surface area (TPSA) is 86.9 Å². The molecule has 0 spiro atoms. The molecule has 146 valence electrons. The Bertz CT molecular complexity index is 1190. The van der Waals surface area contributed by atoms with Gasteiger partial charge in [-0.05, 0) is 48.6 Å². The molecular weight excluding hydrogens is 406 g/mol. The molecule has 4 rings (SSSR count). The first kappa shape index (κ1) is 19.1. The van der Waals surface area contributed by atoms with Gasteiger partial charge in [-0.2, -0.15) is 0 Å². The number of aromatic hydroxyl groups is 2. The number of carbonyl (C=O) groups excluding carboxylic acids is 1. The monoisotopic (exact) mass is 423 g/mol. The van der Waals surface area contributed by atoms with E-state index in [9.17, 15) is 15.0 Å². The molecule has 29 heavy (non-hydrogen) atoms. The molecule has 1 aliphatic heterocycles. The van der Waals surface area contributed by atoms with Crippen LogP contribution in [0.4, 0.5) is 11.4 Å². The van der Waals surface area contributed by atoms with E-state index >= 15 is 0 Å². The molecule has 3 aromatic rings. The van der Waals surface area contributed by atoms with Crippen LogP contribution in [0, 0.1) is 3.95 Å². The predicted octanol–water partition coefficient (Wildman–Crippen LogP) is 4.98. The molecule has 1 amide bonds. The number of aromatic nitrogens is 1. The first-order chi connectivity index (χ1) is 14.0. The van der Waals surface area contributed by atoms with Crippen molar-refractivity contribution < 1.29 is 15.0 Å². The summed E-state index contributed by atoms with van der Waals surface area (Å²) in [4.78, 5) is 17.2. The number of fused-ring (bicyclic) bond motifs is 1. The third kappa shape index (κ3) is 4.13. The largest absolute Gasteiger partial charge is 0.508 e. The number of nitrogens with one attached hydrogen (secondary N) is 1. The highest BCUT2D eigenvalue weighted by Crippen LogP contribution is 2.35. The molecular formula is C21H17N3O3S2. The van der Waals surface area contributed by atoms with Gasteiger partial charge in [0.25, 0.3) is 0 Å². The zero-order valence-electron chi connectivity index (χ0n) is 15.2. The van der Waals surface area contributed by atoms with Gasteiger partial charge in [0.15, 0.2) is 3.95 Å². The van der Waals surface area contributed by atoms with E-state index in [-0.39, 0.29) is 30.5 Å². The highest BCUT2D eigenvalue weighted by atomic mass is 32.1. The zero-order valence-corrected chi connectivity index (χ0v) is 16.8. The van der Waals surface area contributed by atoms with E-state index in [1.807, 2.05) is 30.3 Å². The second kappa shape index (κ2) is 8.02. The molecule has 0 fully saturated rings. The molecule has 0 bridgehead atoms. The molecule has 6 nitrogen and oxygen atoms in total. The lowest BCUT2D eigenvalue weighted by atomic mass is 10.1. The van der Waals surface area contributed by atoms with Crippen LogP contribution in [0.1, 0.15) is 16.9 Å². The molecule has 0 unspecified atom stereocenters. The first-order valence-corrected chi connectivity index (χ1v) is 10.1. The van der Waals surface area contributed by atoms with Gasteiger partial charge in [0, 0.05) is 36.0 Å². The summed E-state index contributed by atoms with van der Waals surface area (Å²) in [5, 5.41) is 22.7. The molecule has 2 aromatic carbocycles. The standard InChI is InChI=1S/C21H17N3O3S2/c25-15-7-5-14(6-8-15)23-19(26)9-10-24-20(27)18(29-21(24)28)11-13-12-22-17-4-2-1-3-16(13)17/h1-8,11-12,25,27H,9-10H2,(H,23,26)/b13-11-. The Morgan fingerprint density at radius 2 is 1.93 bits per heavy atom. The Kier molecular flexibility index (Phi) is 5.28. The van der Waals surface area contributed by atoms with E-state index in [2.05, 4.69) is 10.3 Å². The number of amides is 1. The van der Waals surface area contributed by atoms with Crippen LogP contribution in [-0.2, 0) is 11.3 Å². The SMILES string of the molecule is O=C(CCn1c(O)c(/C=C2/C=Nc3ccccc32)sc1=S)Nc1ccc(O)cc1. The maximum Gasteiger partial charge on any atom is 0.226 e. The average molecular weight is 424 g/mol. The summed E-state index contributed by atoms with van der Waals surface area (Å²) in [6.45, 7) is 0.263. The molecule has 0 saturated carbocycles. The van der Waals surface area contributed by atoms with Gasteiger partial charge in [0.1, 0.15) is 5.75 Å². The van der Waals surface area contributed by atoms with E-state index in [1.54, 1.807) is 22.9 Å². The van der Waals surface area contributed by atoms with Crippen molar-refractivity contribution in [1.29, 1.82) is 0 Å². The van der Waals surface area contributed by atoms with Crippen LogP contribution >= 0.6 is 23.6 Å². The number of hydrogen-bond donors (Lipinski definition) is 3. The second-order valence-electron chi connectivity index (χ2n) is 6.43. The number of phenols is 1. The number of allylic oxidation sites excluding steroid dienone is 1. The minimum Gasteiger partial charge on any atom is -0.508 e. The van der Waals surface area contributed by atoms with Gasteiger partial charge in [-0.25, -0.2) is 0 Å². The van der Waals surface area contributed by atoms with Gasteiger partial charge >= 0.3 is 0 Å². The van der Waals surface area contributed by atoms with E-state index in [4.69, 9.17) is 12.2 Å². The fourth-order valence-corrected chi connectivity index (χ4v) is 4.29. The van der Waals surface area contributed by atoms with Crippen molar-refractivity contribution in [2.75, 3.05) is 5.32 Å². The van der Waals surface area contributed by atoms with Crippen LogP contribution in [0.15, 0.2) is 53.5 Å². The fourth-order valence-electron chi connectivity index (χ4n) is 2.98. The van der Waals surface area contributed by atoms with E-state index in [1.165, 1.54) is 23.5 Å². The van der Waals surface area contributed by atoms with E-state index in [0.717, 1.165) is 16.8 Å². The Labute approximate surface area is 176 Å². The second-order valence-corrected chi connectivity index (χ2v) is 8.10. The fraction of sp³-hybridized carbons (Fsp3) is 0.0952. The number of para-hydroxylation sites is 1. The lowest BCUT2D eigenvalue weighted by Crippen LogP contribution is -2.14. The summed E-state index contributed by atoms with van der Waals surface area (Å²) in [5.74, 6) is -0.0308. The van der Waals surface area contributed by atoms with Crippen molar-refractivity contribution in [1.82, 2.24) is 4.57 Å². The zero-order chi connectivity index (χ0) is 20.4. The lowest BCUT2D eigenvalue weighted by Gasteiger charge is -2.07. The van der Waals surface area contributed by atoms with Crippen LogP contribution < -0.4 is 5.32 Å². The molecule has 0 radical (unpaired) electrons. The molecule has 0 aliphatic carbocycles. The molecule has 8 heteroatoms. The van der Waals surface area contributed by atoms with Gasteiger partial charge in [-0.3, -0.25) is 14.4 Å². The number of rotatable bonds is 5. The van der Waals surface area contributed by atoms with Crippen molar-refractivity contribution in [3.8, 4) is 11.6 Å². The normalized spacial score (nSPS) is 13.6. The molecule has 2 heterocycles. The number of anilines is 1. The van der Waals surface area contributed by atoms with Gasteiger partial charge in [0.2, 0.25) is 11.8 Å². The minimum absolute atomic E-state index is 0.0442. The van der Waals surface area contributed by atoms with E-state index in [0.29, 0.717) is 14.5 Å². The summed E-state index contributed by atoms with van der Waals surface area (Å²) in [6.07, 6.45) is 3.78. The van der Waals surface area contributed by atoms with Crippen molar-refractivity contribution in [2.45, 2.75) is 13.0 Å². The summed E-state index contributed by atoms with van der Waals surface area (Å²) in [7, 11) is 0.